The number of imidazole rings is 1. The van der Waals surface area contributed by atoms with Gasteiger partial charge in [-0.05, 0) is 35.7 Å². The Morgan fingerprint density at radius 3 is 2.75 bits per heavy atom. The molecule has 6 heteroatoms. The van der Waals surface area contributed by atoms with E-state index in [1.54, 1.807) is 6.07 Å². The molecule has 0 unspecified atom stereocenters. The van der Waals surface area contributed by atoms with Gasteiger partial charge < -0.3 is 13.9 Å². The molecular formula is C14H16BrN3O2. The van der Waals surface area contributed by atoms with Crippen LogP contribution in [0.15, 0.2) is 33.7 Å². The average Bonchev–Trinajstić information content (AvgIpc) is 3.07. The average molecular weight is 338 g/mol. The third-order valence-electron chi connectivity index (χ3n) is 3.78. The molecule has 0 aliphatic carbocycles. The zero-order valence-corrected chi connectivity index (χ0v) is 12.8. The van der Waals surface area contributed by atoms with Crippen LogP contribution in [0.1, 0.15) is 35.1 Å². The van der Waals surface area contributed by atoms with Gasteiger partial charge in [-0.1, -0.05) is 0 Å². The fourth-order valence-electron chi connectivity index (χ4n) is 2.68. The zero-order valence-electron chi connectivity index (χ0n) is 11.3. The SMILES string of the molecule is Cc1cncn1C1CCN(C(=O)c2cc(Br)co2)CC1. The standard InChI is InChI=1S/C14H16BrN3O2/c1-10-7-16-9-18(10)12-2-4-17(5-3-12)14(19)13-6-11(15)8-20-13/h6-9,12H,2-5H2,1H3. The highest BCUT2D eigenvalue weighted by atomic mass is 79.9. The number of piperidine rings is 1. The molecule has 0 bridgehead atoms. The zero-order chi connectivity index (χ0) is 14.1. The summed E-state index contributed by atoms with van der Waals surface area (Å²) in [5.74, 6) is 0.366. The molecule has 2 aromatic rings. The minimum atomic E-state index is -0.0310. The smallest absolute Gasteiger partial charge is 0.289 e. The number of likely N-dealkylation sites (tertiary alicyclic amines) is 1. The Balaban J connectivity index is 1.64. The maximum Gasteiger partial charge on any atom is 0.289 e. The largest absolute Gasteiger partial charge is 0.458 e. The summed E-state index contributed by atoms with van der Waals surface area (Å²) in [5, 5.41) is 0. The molecule has 0 aromatic carbocycles. The van der Waals surface area contributed by atoms with Crippen molar-refractivity contribution in [2.24, 2.45) is 0 Å². The predicted octanol–water partition coefficient (Wildman–Crippen LogP) is 3.02. The normalized spacial score (nSPS) is 16.6. The van der Waals surface area contributed by atoms with Crippen LogP contribution in [0.25, 0.3) is 0 Å². The molecule has 5 nitrogen and oxygen atoms in total. The number of carbonyl (C=O) groups is 1. The van der Waals surface area contributed by atoms with Gasteiger partial charge in [0.15, 0.2) is 5.76 Å². The first-order chi connectivity index (χ1) is 9.65. The van der Waals surface area contributed by atoms with E-state index in [1.807, 2.05) is 17.4 Å². The second-order valence-corrected chi connectivity index (χ2v) is 6.01. The minimum Gasteiger partial charge on any atom is -0.458 e. The van der Waals surface area contributed by atoms with Crippen LogP contribution in [-0.4, -0.2) is 33.4 Å². The van der Waals surface area contributed by atoms with E-state index in [2.05, 4.69) is 32.4 Å². The van der Waals surface area contributed by atoms with Crippen LogP contribution in [0.4, 0.5) is 0 Å². The molecule has 0 radical (unpaired) electrons. The molecule has 3 heterocycles. The van der Waals surface area contributed by atoms with Gasteiger partial charge in [0.1, 0.15) is 6.26 Å². The Morgan fingerprint density at radius 1 is 1.45 bits per heavy atom. The molecule has 20 heavy (non-hydrogen) atoms. The van der Waals surface area contributed by atoms with Gasteiger partial charge in [0.05, 0.1) is 10.8 Å². The van der Waals surface area contributed by atoms with Gasteiger partial charge in [-0.3, -0.25) is 4.79 Å². The van der Waals surface area contributed by atoms with Gasteiger partial charge >= 0.3 is 0 Å². The lowest BCUT2D eigenvalue weighted by Crippen LogP contribution is -2.39. The highest BCUT2D eigenvalue weighted by Crippen LogP contribution is 2.25. The van der Waals surface area contributed by atoms with Crippen molar-refractivity contribution in [2.75, 3.05) is 13.1 Å². The fraction of sp³-hybridized carbons (Fsp3) is 0.429. The Morgan fingerprint density at radius 2 is 2.20 bits per heavy atom. The molecule has 0 spiro atoms. The highest BCUT2D eigenvalue weighted by Gasteiger charge is 2.26. The number of halogens is 1. The number of amides is 1. The van der Waals surface area contributed by atoms with Crippen LogP contribution < -0.4 is 0 Å². The van der Waals surface area contributed by atoms with Crippen LogP contribution in [0.2, 0.25) is 0 Å². The Bertz CT molecular complexity index is 611. The number of hydrogen-bond donors (Lipinski definition) is 0. The number of furan rings is 1. The molecule has 0 atom stereocenters. The van der Waals surface area contributed by atoms with Gasteiger partial charge in [0.2, 0.25) is 0 Å². The van der Waals surface area contributed by atoms with Gasteiger partial charge in [-0.15, -0.1) is 0 Å². The number of nitrogens with zero attached hydrogens (tertiary/aromatic N) is 3. The second-order valence-electron chi connectivity index (χ2n) is 5.09. The third-order valence-corrected chi connectivity index (χ3v) is 4.20. The number of carbonyl (C=O) groups excluding carboxylic acids is 1. The van der Waals surface area contributed by atoms with E-state index in [0.717, 1.165) is 30.4 Å². The molecule has 1 fully saturated rings. The van der Waals surface area contributed by atoms with Crippen molar-refractivity contribution in [3.05, 3.63) is 40.8 Å². The number of aromatic nitrogens is 2. The summed E-state index contributed by atoms with van der Waals surface area (Å²) in [7, 11) is 0. The summed E-state index contributed by atoms with van der Waals surface area (Å²) in [6.45, 7) is 3.56. The van der Waals surface area contributed by atoms with E-state index in [1.165, 1.54) is 12.0 Å². The lowest BCUT2D eigenvalue weighted by molar-refractivity contribution is 0.0662. The molecule has 1 aliphatic heterocycles. The number of rotatable bonds is 2. The maximum atomic E-state index is 12.3. The topological polar surface area (TPSA) is 51.3 Å². The van der Waals surface area contributed by atoms with Crippen molar-refractivity contribution in [2.45, 2.75) is 25.8 Å². The Hall–Kier alpha value is -1.56. The van der Waals surface area contributed by atoms with Crippen molar-refractivity contribution in [3.8, 4) is 0 Å². The van der Waals surface area contributed by atoms with Gasteiger partial charge in [-0.25, -0.2) is 4.98 Å². The van der Waals surface area contributed by atoms with E-state index >= 15 is 0 Å². The van der Waals surface area contributed by atoms with E-state index in [0.29, 0.717) is 11.8 Å². The first-order valence-electron chi connectivity index (χ1n) is 6.67. The van der Waals surface area contributed by atoms with Crippen molar-refractivity contribution < 1.29 is 9.21 Å². The first kappa shape index (κ1) is 13.4. The van der Waals surface area contributed by atoms with Crippen molar-refractivity contribution in [1.82, 2.24) is 14.5 Å². The third kappa shape index (κ3) is 2.52. The lowest BCUT2D eigenvalue weighted by Gasteiger charge is -2.32. The summed E-state index contributed by atoms with van der Waals surface area (Å²) in [5.41, 5.74) is 1.17. The number of aryl methyl sites for hydroxylation is 1. The van der Waals surface area contributed by atoms with Crippen molar-refractivity contribution >= 4 is 21.8 Å². The maximum absolute atomic E-state index is 12.3. The number of hydrogen-bond acceptors (Lipinski definition) is 3. The lowest BCUT2D eigenvalue weighted by atomic mass is 10.0. The van der Waals surface area contributed by atoms with Gasteiger partial charge in [0.25, 0.3) is 5.91 Å². The first-order valence-corrected chi connectivity index (χ1v) is 7.46. The fourth-order valence-corrected chi connectivity index (χ4v) is 2.98. The van der Waals surface area contributed by atoms with E-state index in [9.17, 15) is 4.79 Å². The van der Waals surface area contributed by atoms with Crippen molar-refractivity contribution in [3.63, 3.8) is 0 Å². The van der Waals surface area contributed by atoms with Crippen LogP contribution in [0, 0.1) is 6.92 Å². The van der Waals surface area contributed by atoms with Crippen LogP contribution in [0.5, 0.6) is 0 Å². The predicted molar refractivity (Wildman–Crippen MR) is 77.5 cm³/mol. The van der Waals surface area contributed by atoms with Gasteiger partial charge in [0, 0.05) is 37.1 Å². The molecule has 106 valence electrons. The quantitative estimate of drug-likeness (QED) is 0.846. The van der Waals surface area contributed by atoms with Crippen LogP contribution >= 0.6 is 15.9 Å². The van der Waals surface area contributed by atoms with Crippen molar-refractivity contribution in [1.29, 1.82) is 0 Å². The van der Waals surface area contributed by atoms with E-state index in [4.69, 9.17) is 4.42 Å². The van der Waals surface area contributed by atoms with E-state index < -0.39 is 0 Å². The molecular weight excluding hydrogens is 322 g/mol. The monoisotopic (exact) mass is 337 g/mol. The minimum absolute atomic E-state index is 0.0310. The molecule has 0 N–H and O–H groups in total. The summed E-state index contributed by atoms with van der Waals surface area (Å²) in [6.07, 6.45) is 7.18. The summed E-state index contributed by atoms with van der Waals surface area (Å²) in [4.78, 5) is 18.3. The molecule has 1 saturated heterocycles. The molecule has 2 aromatic heterocycles. The highest BCUT2D eigenvalue weighted by molar-refractivity contribution is 9.10. The Labute approximate surface area is 125 Å². The second kappa shape index (κ2) is 5.44. The summed E-state index contributed by atoms with van der Waals surface area (Å²) in [6, 6.07) is 2.15. The van der Waals surface area contributed by atoms with E-state index in [-0.39, 0.29) is 5.91 Å². The summed E-state index contributed by atoms with van der Waals surface area (Å²) >= 11 is 3.29. The van der Waals surface area contributed by atoms with Crippen LogP contribution in [0.3, 0.4) is 0 Å². The van der Waals surface area contributed by atoms with Gasteiger partial charge in [-0.2, -0.15) is 0 Å². The molecule has 0 saturated carbocycles. The molecule has 1 aliphatic rings. The Kier molecular flexibility index (Phi) is 3.65. The molecule has 3 rings (SSSR count). The summed E-state index contributed by atoms with van der Waals surface area (Å²) < 4.78 is 8.24. The van der Waals surface area contributed by atoms with Crippen LogP contribution in [-0.2, 0) is 0 Å². The molecule has 1 amide bonds.